The first-order chi connectivity index (χ1) is 7.11. The molecule has 0 heterocycles. The second kappa shape index (κ2) is 4.72. The summed E-state index contributed by atoms with van der Waals surface area (Å²) in [7, 11) is 2.40. The Morgan fingerprint density at radius 1 is 1.33 bits per heavy atom. The summed E-state index contributed by atoms with van der Waals surface area (Å²) >= 11 is 0. The van der Waals surface area contributed by atoms with E-state index in [0.29, 0.717) is 0 Å². The predicted molar refractivity (Wildman–Crippen MR) is 49.3 cm³/mol. The highest BCUT2D eigenvalue weighted by molar-refractivity contribution is 5.91. The van der Waals surface area contributed by atoms with Crippen LogP contribution in [-0.4, -0.2) is 20.2 Å². The van der Waals surface area contributed by atoms with Crippen molar-refractivity contribution in [3.05, 3.63) is 29.3 Å². The van der Waals surface area contributed by atoms with Crippen molar-refractivity contribution < 1.29 is 23.0 Å². The van der Waals surface area contributed by atoms with Gasteiger partial charge in [-0.1, -0.05) is 6.07 Å². The van der Waals surface area contributed by atoms with E-state index >= 15 is 0 Å². The largest absolute Gasteiger partial charge is 0.496 e. The summed E-state index contributed by atoms with van der Waals surface area (Å²) in [5.41, 5.74) is -0.612. The van der Waals surface area contributed by atoms with Gasteiger partial charge in [-0.3, -0.25) is 0 Å². The SMILES string of the molecule is COC(=O)c1cccc(OC)c1C(F)F. The van der Waals surface area contributed by atoms with Gasteiger partial charge in [0.05, 0.1) is 25.3 Å². The minimum absolute atomic E-state index is 0.0205. The van der Waals surface area contributed by atoms with Crippen LogP contribution in [0.3, 0.4) is 0 Å². The molecule has 0 unspecified atom stereocenters. The Hall–Kier alpha value is -1.65. The van der Waals surface area contributed by atoms with Crippen LogP contribution in [0.2, 0.25) is 0 Å². The molecule has 0 aliphatic rings. The maximum atomic E-state index is 12.7. The number of alkyl halides is 2. The molecule has 0 spiro atoms. The van der Waals surface area contributed by atoms with Crippen LogP contribution in [0.1, 0.15) is 22.3 Å². The van der Waals surface area contributed by atoms with Crippen molar-refractivity contribution >= 4 is 5.97 Å². The lowest BCUT2D eigenvalue weighted by molar-refractivity contribution is 0.0588. The minimum Gasteiger partial charge on any atom is -0.496 e. The van der Waals surface area contributed by atoms with E-state index in [1.807, 2.05) is 0 Å². The van der Waals surface area contributed by atoms with E-state index in [0.717, 1.165) is 7.11 Å². The molecular formula is C10H10F2O3. The second-order valence-electron chi connectivity index (χ2n) is 2.71. The van der Waals surface area contributed by atoms with Gasteiger partial charge in [-0.15, -0.1) is 0 Å². The maximum Gasteiger partial charge on any atom is 0.338 e. The first-order valence-electron chi connectivity index (χ1n) is 4.15. The van der Waals surface area contributed by atoms with E-state index in [9.17, 15) is 13.6 Å². The normalized spacial score (nSPS) is 10.2. The number of hydrogen-bond donors (Lipinski definition) is 0. The lowest BCUT2D eigenvalue weighted by Gasteiger charge is -2.11. The second-order valence-corrected chi connectivity index (χ2v) is 2.71. The number of methoxy groups -OCH3 is 2. The highest BCUT2D eigenvalue weighted by Gasteiger charge is 2.22. The molecule has 0 saturated carbocycles. The molecule has 0 bridgehead atoms. The monoisotopic (exact) mass is 216 g/mol. The highest BCUT2D eigenvalue weighted by Crippen LogP contribution is 2.32. The molecule has 5 heteroatoms. The lowest BCUT2D eigenvalue weighted by atomic mass is 10.1. The van der Waals surface area contributed by atoms with Crippen LogP contribution in [0.4, 0.5) is 8.78 Å². The minimum atomic E-state index is -2.78. The quantitative estimate of drug-likeness (QED) is 0.728. The Balaban J connectivity index is 3.31. The number of carbonyl (C=O) groups excluding carboxylic acids is 1. The van der Waals surface area contributed by atoms with E-state index in [-0.39, 0.29) is 11.3 Å². The third kappa shape index (κ3) is 2.23. The average Bonchev–Trinajstić information content (AvgIpc) is 2.26. The molecule has 15 heavy (non-hydrogen) atoms. The van der Waals surface area contributed by atoms with Crippen LogP contribution in [0.5, 0.6) is 5.75 Å². The Bertz CT molecular complexity index is 364. The Kier molecular flexibility index (Phi) is 3.60. The number of ether oxygens (including phenoxy) is 2. The van der Waals surface area contributed by atoms with Crippen molar-refractivity contribution in [2.75, 3.05) is 14.2 Å². The van der Waals surface area contributed by atoms with Gasteiger partial charge in [-0.25, -0.2) is 13.6 Å². The van der Waals surface area contributed by atoms with Gasteiger partial charge in [-0.05, 0) is 12.1 Å². The van der Waals surface area contributed by atoms with E-state index in [1.165, 1.54) is 25.3 Å². The molecule has 0 aliphatic heterocycles. The molecule has 0 atom stereocenters. The van der Waals surface area contributed by atoms with Gasteiger partial charge in [0.1, 0.15) is 5.75 Å². The van der Waals surface area contributed by atoms with E-state index in [2.05, 4.69) is 4.74 Å². The number of esters is 1. The molecule has 1 aromatic carbocycles. The smallest absolute Gasteiger partial charge is 0.338 e. The topological polar surface area (TPSA) is 35.5 Å². The van der Waals surface area contributed by atoms with E-state index in [4.69, 9.17) is 4.74 Å². The van der Waals surface area contributed by atoms with Crippen molar-refractivity contribution in [1.29, 1.82) is 0 Å². The third-order valence-electron chi connectivity index (χ3n) is 1.91. The zero-order chi connectivity index (χ0) is 11.4. The first-order valence-corrected chi connectivity index (χ1v) is 4.15. The summed E-state index contributed by atoms with van der Waals surface area (Å²) in [6.45, 7) is 0. The summed E-state index contributed by atoms with van der Waals surface area (Å²) < 4.78 is 34.5. The van der Waals surface area contributed by atoms with Crippen molar-refractivity contribution in [3.63, 3.8) is 0 Å². The van der Waals surface area contributed by atoms with Crippen LogP contribution < -0.4 is 4.74 Å². The van der Waals surface area contributed by atoms with Crippen LogP contribution >= 0.6 is 0 Å². The van der Waals surface area contributed by atoms with Crippen molar-refractivity contribution in [2.24, 2.45) is 0 Å². The van der Waals surface area contributed by atoms with Gasteiger partial charge in [0.2, 0.25) is 0 Å². The fraction of sp³-hybridized carbons (Fsp3) is 0.300. The third-order valence-corrected chi connectivity index (χ3v) is 1.91. The van der Waals surface area contributed by atoms with E-state index < -0.39 is 18.0 Å². The molecule has 1 aromatic rings. The van der Waals surface area contributed by atoms with Gasteiger partial charge in [0.15, 0.2) is 0 Å². The number of carbonyl (C=O) groups is 1. The predicted octanol–water partition coefficient (Wildman–Crippen LogP) is 2.42. The van der Waals surface area contributed by atoms with Crippen LogP contribution in [-0.2, 0) is 4.74 Å². The molecule has 0 aromatic heterocycles. The summed E-state index contributed by atoms with van der Waals surface area (Å²) in [4.78, 5) is 11.2. The highest BCUT2D eigenvalue weighted by atomic mass is 19.3. The van der Waals surface area contributed by atoms with Crippen LogP contribution in [0.25, 0.3) is 0 Å². The Morgan fingerprint density at radius 3 is 2.47 bits per heavy atom. The van der Waals surface area contributed by atoms with Crippen molar-refractivity contribution in [3.8, 4) is 5.75 Å². The summed E-state index contributed by atoms with van der Waals surface area (Å²) in [5, 5.41) is 0. The molecule has 0 saturated heterocycles. The number of hydrogen-bond acceptors (Lipinski definition) is 3. The Labute approximate surface area is 85.6 Å². The number of rotatable bonds is 3. The molecule has 3 nitrogen and oxygen atoms in total. The fourth-order valence-electron chi connectivity index (χ4n) is 1.24. The van der Waals surface area contributed by atoms with Crippen LogP contribution in [0, 0.1) is 0 Å². The fourth-order valence-corrected chi connectivity index (χ4v) is 1.24. The zero-order valence-electron chi connectivity index (χ0n) is 8.29. The van der Waals surface area contributed by atoms with Crippen LogP contribution in [0.15, 0.2) is 18.2 Å². The first kappa shape index (κ1) is 11.4. The summed E-state index contributed by atoms with van der Waals surface area (Å²) in [5.74, 6) is -0.822. The molecule has 0 amide bonds. The van der Waals surface area contributed by atoms with Gasteiger partial charge in [0.25, 0.3) is 6.43 Å². The molecular weight excluding hydrogens is 206 g/mol. The van der Waals surface area contributed by atoms with Gasteiger partial charge in [-0.2, -0.15) is 0 Å². The van der Waals surface area contributed by atoms with Crippen molar-refractivity contribution in [2.45, 2.75) is 6.43 Å². The standard InChI is InChI=1S/C10H10F2O3/c1-14-7-5-3-4-6(10(13)15-2)8(7)9(11)12/h3-5,9H,1-2H3. The average molecular weight is 216 g/mol. The molecule has 0 radical (unpaired) electrons. The number of benzene rings is 1. The van der Waals surface area contributed by atoms with Gasteiger partial charge < -0.3 is 9.47 Å². The molecule has 82 valence electrons. The number of halogens is 2. The van der Waals surface area contributed by atoms with Crippen molar-refractivity contribution in [1.82, 2.24) is 0 Å². The molecule has 0 N–H and O–H groups in total. The maximum absolute atomic E-state index is 12.7. The Morgan fingerprint density at radius 2 is 2.00 bits per heavy atom. The summed E-state index contributed by atoms with van der Waals surface area (Å²) in [6, 6.07) is 4.10. The molecule has 0 fully saturated rings. The summed E-state index contributed by atoms with van der Waals surface area (Å²) in [6.07, 6.45) is -2.78. The molecule has 0 aliphatic carbocycles. The molecule has 1 rings (SSSR count). The van der Waals surface area contributed by atoms with Gasteiger partial charge >= 0.3 is 5.97 Å². The van der Waals surface area contributed by atoms with E-state index in [1.54, 1.807) is 0 Å². The zero-order valence-corrected chi connectivity index (χ0v) is 8.29. The van der Waals surface area contributed by atoms with Gasteiger partial charge in [0, 0.05) is 0 Å². The lowest BCUT2D eigenvalue weighted by Crippen LogP contribution is -2.07.